The van der Waals surface area contributed by atoms with Crippen molar-refractivity contribution in [3.8, 4) is 0 Å². The summed E-state index contributed by atoms with van der Waals surface area (Å²) in [6, 6.07) is 7.81. The lowest BCUT2D eigenvalue weighted by Gasteiger charge is -2.00. The molecule has 2 aromatic rings. The highest BCUT2D eigenvalue weighted by atomic mass is 32.0. The van der Waals surface area contributed by atoms with Gasteiger partial charge in [-0.1, -0.05) is 12.1 Å². The maximum atomic E-state index is 13.4. The highest BCUT2D eigenvalue weighted by Crippen LogP contribution is 2.36. The molecule has 0 heterocycles. The second-order valence-electron chi connectivity index (χ2n) is 3.53. The molecule has 6 heteroatoms. The predicted octanol–water partition coefficient (Wildman–Crippen LogP) is 3.20. The van der Waals surface area contributed by atoms with Gasteiger partial charge in [-0.3, -0.25) is 0 Å². The van der Waals surface area contributed by atoms with Gasteiger partial charge in [-0.05, 0) is 24.3 Å². The van der Waals surface area contributed by atoms with Crippen LogP contribution in [0.5, 0.6) is 0 Å². The van der Waals surface area contributed by atoms with Crippen LogP contribution in [0, 0.1) is 23.3 Å². The maximum absolute atomic E-state index is 13.4. The van der Waals surface area contributed by atoms with Gasteiger partial charge in [-0.2, -0.15) is 4.39 Å². The van der Waals surface area contributed by atoms with Gasteiger partial charge in [0.2, 0.25) is 5.82 Å². The molecule has 0 nitrogen and oxygen atoms in total. The molecule has 0 N–H and O–H groups in total. The third kappa shape index (κ3) is 2.88. The monoisotopic (exact) mass is 291 g/mol. The highest BCUT2D eigenvalue weighted by molar-refractivity contribution is 8.18. The van der Waals surface area contributed by atoms with E-state index in [1.54, 1.807) is 0 Å². The Morgan fingerprint density at radius 2 is 1.39 bits per heavy atom. The van der Waals surface area contributed by atoms with Crippen LogP contribution in [0.3, 0.4) is 0 Å². The fourth-order valence-electron chi connectivity index (χ4n) is 1.40. The summed E-state index contributed by atoms with van der Waals surface area (Å²) in [6.07, 6.45) is 0. The van der Waals surface area contributed by atoms with Gasteiger partial charge in [0.1, 0.15) is 5.30 Å². The summed E-state index contributed by atoms with van der Waals surface area (Å²) in [5.74, 6) is -3.62. The standard InChI is InChI=1S/C12H8F4P2/c13-7-3-1-5-9(11(7)15)17-18-10-6-2-4-8(14)12(10)16/h1-6,17-18H/p+1. The van der Waals surface area contributed by atoms with Crippen LogP contribution in [0.4, 0.5) is 17.6 Å². The van der Waals surface area contributed by atoms with Crippen LogP contribution in [0.2, 0.25) is 0 Å². The van der Waals surface area contributed by atoms with Crippen molar-refractivity contribution < 1.29 is 17.6 Å². The van der Waals surface area contributed by atoms with E-state index in [1.165, 1.54) is 24.3 Å². The van der Waals surface area contributed by atoms with Crippen molar-refractivity contribution in [2.75, 3.05) is 0 Å². The summed E-state index contributed by atoms with van der Waals surface area (Å²) in [7, 11) is -0.726. The van der Waals surface area contributed by atoms with Gasteiger partial charge in [-0.15, -0.1) is 0 Å². The Balaban J connectivity index is 2.17. The normalized spacial score (nSPS) is 12.0. The molecule has 2 unspecified atom stereocenters. The number of rotatable bonds is 3. The third-order valence-electron chi connectivity index (χ3n) is 2.32. The molecule has 0 bridgehead atoms. The van der Waals surface area contributed by atoms with Crippen LogP contribution in [0.25, 0.3) is 0 Å². The quantitative estimate of drug-likeness (QED) is 0.602. The van der Waals surface area contributed by atoms with Crippen molar-refractivity contribution >= 4 is 27.1 Å². The minimum atomic E-state index is -0.917. The molecule has 94 valence electrons. The van der Waals surface area contributed by atoms with Crippen molar-refractivity contribution in [1.29, 1.82) is 0 Å². The summed E-state index contributed by atoms with van der Waals surface area (Å²) < 4.78 is 52.6. The first-order valence-electron chi connectivity index (χ1n) is 5.07. The number of hydrogen-bond acceptors (Lipinski definition) is 0. The van der Waals surface area contributed by atoms with Gasteiger partial charge in [0.05, 0.1) is 13.6 Å². The Morgan fingerprint density at radius 3 is 2.11 bits per heavy atom. The highest BCUT2D eigenvalue weighted by Gasteiger charge is 2.15. The minimum Gasteiger partial charge on any atom is -0.204 e. The fraction of sp³-hybridized carbons (Fsp3) is 0. The lowest BCUT2D eigenvalue weighted by Crippen LogP contribution is -2.06. The largest absolute Gasteiger partial charge is 0.204 e. The Labute approximate surface area is 105 Å². The lowest BCUT2D eigenvalue weighted by atomic mass is 10.3. The fourth-order valence-corrected chi connectivity index (χ4v) is 4.89. The molecule has 0 spiro atoms. The van der Waals surface area contributed by atoms with E-state index in [2.05, 4.69) is 0 Å². The van der Waals surface area contributed by atoms with Gasteiger partial charge in [0.25, 0.3) is 0 Å². The van der Waals surface area contributed by atoms with Crippen molar-refractivity contribution in [3.63, 3.8) is 0 Å². The van der Waals surface area contributed by atoms with Crippen LogP contribution in [-0.4, -0.2) is 0 Å². The van der Waals surface area contributed by atoms with Gasteiger partial charge < -0.3 is 0 Å². The molecule has 0 aliphatic carbocycles. The number of benzene rings is 2. The molecular weight excluding hydrogens is 282 g/mol. The summed E-state index contributed by atoms with van der Waals surface area (Å²) in [6.45, 7) is 0. The van der Waals surface area contributed by atoms with Gasteiger partial charge in [0.15, 0.2) is 17.5 Å². The molecule has 0 amide bonds. The first-order valence-corrected chi connectivity index (χ1v) is 8.46. The molecule has 2 rings (SSSR count). The molecule has 18 heavy (non-hydrogen) atoms. The number of hydrogen-bond donors (Lipinski definition) is 0. The van der Waals surface area contributed by atoms with Crippen LogP contribution in [-0.2, 0) is 0 Å². The third-order valence-corrected chi connectivity index (χ3v) is 6.21. The molecule has 0 fully saturated rings. The van der Waals surface area contributed by atoms with Crippen LogP contribution in [0.15, 0.2) is 36.4 Å². The van der Waals surface area contributed by atoms with Crippen LogP contribution >= 0.6 is 16.5 Å². The van der Waals surface area contributed by atoms with E-state index in [9.17, 15) is 17.6 Å². The summed E-state index contributed by atoms with van der Waals surface area (Å²) >= 11 is 0. The zero-order valence-corrected chi connectivity index (χ0v) is 11.2. The average molecular weight is 291 g/mol. The van der Waals surface area contributed by atoms with E-state index < -0.39 is 31.5 Å². The zero-order chi connectivity index (χ0) is 13.1. The number of halogens is 4. The SMILES string of the molecule is Fc1cccc(P[PH2+]c2cccc(F)c2F)c1F. The predicted molar refractivity (Wildman–Crippen MR) is 70.0 cm³/mol. The van der Waals surface area contributed by atoms with E-state index in [0.717, 1.165) is 12.1 Å². The van der Waals surface area contributed by atoms with E-state index in [1.807, 2.05) is 0 Å². The van der Waals surface area contributed by atoms with Crippen LogP contribution in [0.1, 0.15) is 0 Å². The summed E-state index contributed by atoms with van der Waals surface area (Å²) in [4.78, 5) is 0. The Bertz CT molecular complexity index is 520. The molecule has 0 aliphatic heterocycles. The second-order valence-corrected chi connectivity index (χ2v) is 7.00. The average Bonchev–Trinajstić information content (AvgIpc) is 2.36. The molecule has 2 aromatic carbocycles. The van der Waals surface area contributed by atoms with E-state index >= 15 is 0 Å². The maximum Gasteiger partial charge on any atom is 0.200 e. The second kappa shape index (κ2) is 5.77. The Morgan fingerprint density at radius 1 is 0.778 bits per heavy atom. The molecule has 0 aliphatic rings. The van der Waals surface area contributed by atoms with Crippen molar-refractivity contribution in [2.45, 2.75) is 0 Å². The Hall–Kier alpha value is -0.980. The molecule has 2 atom stereocenters. The molecule has 0 saturated carbocycles. The van der Waals surface area contributed by atoms with E-state index in [0.29, 0.717) is 0 Å². The molecule has 0 radical (unpaired) electrons. The van der Waals surface area contributed by atoms with Gasteiger partial charge in [0, 0.05) is 8.27 Å². The topological polar surface area (TPSA) is 0 Å². The summed E-state index contributed by atoms with van der Waals surface area (Å²) in [5.41, 5.74) is 0. The van der Waals surface area contributed by atoms with Crippen molar-refractivity contribution in [1.82, 2.24) is 0 Å². The first kappa shape index (κ1) is 13.5. The van der Waals surface area contributed by atoms with Crippen molar-refractivity contribution in [2.24, 2.45) is 0 Å². The minimum absolute atomic E-state index is 0.0684. The Kier molecular flexibility index (Phi) is 4.31. The molecule has 0 saturated heterocycles. The lowest BCUT2D eigenvalue weighted by molar-refractivity contribution is 0.514. The molecule has 0 aromatic heterocycles. The van der Waals surface area contributed by atoms with Gasteiger partial charge in [-0.25, -0.2) is 13.2 Å². The van der Waals surface area contributed by atoms with Crippen LogP contribution < -0.4 is 10.6 Å². The van der Waals surface area contributed by atoms with E-state index in [-0.39, 0.29) is 18.9 Å². The smallest absolute Gasteiger partial charge is 0.200 e. The van der Waals surface area contributed by atoms with Gasteiger partial charge >= 0.3 is 0 Å². The molecular formula is C12H9F4P2+. The zero-order valence-electron chi connectivity index (χ0n) is 9.05. The van der Waals surface area contributed by atoms with Crippen molar-refractivity contribution in [3.05, 3.63) is 59.7 Å². The van der Waals surface area contributed by atoms with E-state index in [4.69, 9.17) is 0 Å². The first-order chi connectivity index (χ1) is 8.59. The summed E-state index contributed by atoms with van der Waals surface area (Å²) in [5, 5.41) is 0.464.